The summed E-state index contributed by atoms with van der Waals surface area (Å²) in [5.74, 6) is 0. The fourth-order valence-corrected chi connectivity index (χ4v) is 5.43. The van der Waals surface area contributed by atoms with Gasteiger partial charge in [0.25, 0.3) is 0 Å². The van der Waals surface area contributed by atoms with Crippen LogP contribution in [0.3, 0.4) is 0 Å². The molecular formula is C38H46BCl5N6O6. The predicted molar refractivity (Wildman–Crippen MR) is 223 cm³/mol. The number of ether oxygens (including phenoxy) is 2. The highest BCUT2D eigenvalue weighted by Gasteiger charge is 2.51. The Morgan fingerprint density at radius 2 is 1.14 bits per heavy atom. The van der Waals surface area contributed by atoms with Crippen molar-refractivity contribution >= 4 is 82.8 Å². The predicted octanol–water partition coefficient (Wildman–Crippen LogP) is 9.92. The van der Waals surface area contributed by atoms with E-state index < -0.39 is 41.7 Å². The van der Waals surface area contributed by atoms with Gasteiger partial charge in [0.1, 0.15) is 16.4 Å². The lowest BCUT2D eigenvalue weighted by molar-refractivity contribution is 0.00578. The van der Waals surface area contributed by atoms with Crippen LogP contribution in [0.4, 0.5) is 9.59 Å². The number of nitrogens with one attached hydrogen (secondary N) is 2. The van der Waals surface area contributed by atoms with Crippen molar-refractivity contribution in [2.24, 2.45) is 0 Å². The molecule has 5 rings (SSSR count). The lowest BCUT2D eigenvalue weighted by Gasteiger charge is -2.32. The molecule has 0 unspecified atom stereocenters. The zero-order valence-electron chi connectivity index (χ0n) is 32.9. The number of hydrogen-bond donors (Lipinski definition) is 2. The minimum atomic E-state index is -0.538. The van der Waals surface area contributed by atoms with Crippen molar-refractivity contribution in [3.05, 3.63) is 97.8 Å². The topological polar surface area (TPSA) is 147 Å². The van der Waals surface area contributed by atoms with Crippen LogP contribution in [-0.4, -0.2) is 61.6 Å². The van der Waals surface area contributed by atoms with Crippen LogP contribution in [0.25, 0.3) is 11.3 Å². The van der Waals surface area contributed by atoms with Crippen LogP contribution in [-0.2, 0) is 31.9 Å². The molecule has 12 nitrogen and oxygen atoms in total. The van der Waals surface area contributed by atoms with Crippen LogP contribution < -0.4 is 16.1 Å². The third-order valence-electron chi connectivity index (χ3n) is 7.81. The molecule has 1 aliphatic rings. The number of hydrogen-bond acceptors (Lipinski definition) is 10. The molecular weight excluding hydrogens is 825 g/mol. The van der Waals surface area contributed by atoms with Gasteiger partial charge < -0.3 is 29.4 Å². The summed E-state index contributed by atoms with van der Waals surface area (Å²) in [5, 5.41) is 7.16. The lowest BCUT2D eigenvalue weighted by atomic mass is 9.79. The van der Waals surface area contributed by atoms with E-state index in [4.69, 9.17) is 76.8 Å². The molecule has 1 saturated heterocycles. The average Bonchev–Trinajstić information content (AvgIpc) is 3.28. The van der Waals surface area contributed by atoms with Gasteiger partial charge in [-0.1, -0.05) is 59.1 Å². The number of rotatable bonds is 6. The number of halogens is 5. The average molecular weight is 871 g/mol. The molecule has 1 aliphatic heterocycles. The van der Waals surface area contributed by atoms with Gasteiger partial charge in [-0.15, -0.1) is 0 Å². The van der Waals surface area contributed by atoms with Crippen LogP contribution in [0, 0.1) is 0 Å². The Bertz CT molecular complexity index is 1940. The smallest absolute Gasteiger partial charge is 0.444 e. The van der Waals surface area contributed by atoms with Gasteiger partial charge in [-0.25, -0.2) is 29.5 Å². The monoisotopic (exact) mass is 868 g/mol. The van der Waals surface area contributed by atoms with E-state index in [1.807, 2.05) is 78.8 Å². The van der Waals surface area contributed by atoms with Gasteiger partial charge in [0, 0.05) is 41.1 Å². The number of benzene rings is 2. The molecule has 18 heteroatoms. The Kier molecular flexibility index (Phi) is 16.6. The summed E-state index contributed by atoms with van der Waals surface area (Å²) >= 11 is 29.2. The van der Waals surface area contributed by atoms with Crippen LogP contribution in [0.5, 0.6) is 0 Å². The maximum absolute atomic E-state index is 11.7. The number of carbonyl (C=O) groups excluding carboxylic acids is 2. The summed E-state index contributed by atoms with van der Waals surface area (Å²) in [5.41, 5.74) is 2.05. The van der Waals surface area contributed by atoms with Crippen LogP contribution in [0.1, 0.15) is 80.4 Å². The third-order valence-corrected chi connectivity index (χ3v) is 9.09. The first-order valence-corrected chi connectivity index (χ1v) is 19.2. The third kappa shape index (κ3) is 15.5. The van der Waals surface area contributed by atoms with Crippen molar-refractivity contribution in [2.75, 3.05) is 0 Å². The highest BCUT2D eigenvalue weighted by molar-refractivity contribution is 6.62. The molecule has 0 aliphatic carbocycles. The van der Waals surface area contributed by atoms with E-state index in [9.17, 15) is 9.59 Å². The summed E-state index contributed by atoms with van der Waals surface area (Å²) in [6, 6.07) is 14.3. The normalized spacial score (nSPS) is 14.4. The summed E-state index contributed by atoms with van der Waals surface area (Å²) < 4.78 is 22.5. The summed E-state index contributed by atoms with van der Waals surface area (Å²) in [7, 11) is -0.463. The molecule has 302 valence electrons. The number of aromatic nitrogens is 4. The molecule has 4 aromatic rings. The first kappa shape index (κ1) is 47.0. The van der Waals surface area contributed by atoms with E-state index >= 15 is 0 Å². The Morgan fingerprint density at radius 3 is 1.55 bits per heavy atom. The van der Waals surface area contributed by atoms with Gasteiger partial charge in [0.2, 0.25) is 10.6 Å². The Labute approximate surface area is 353 Å². The Hall–Kier alpha value is -3.43. The fraction of sp³-hybridized carbons (Fsp3) is 0.421. The quantitative estimate of drug-likeness (QED) is 0.109. The van der Waals surface area contributed by atoms with Crippen molar-refractivity contribution in [3.8, 4) is 11.3 Å². The number of carbonyl (C=O) groups is 2. The van der Waals surface area contributed by atoms with Crippen molar-refractivity contribution in [1.29, 1.82) is 0 Å². The Balaban J connectivity index is 0.000000251. The zero-order chi connectivity index (χ0) is 42.1. The van der Waals surface area contributed by atoms with Crippen LogP contribution in [0.2, 0.25) is 25.8 Å². The van der Waals surface area contributed by atoms with Gasteiger partial charge in [-0.2, -0.15) is 0 Å². The van der Waals surface area contributed by atoms with Crippen molar-refractivity contribution in [3.63, 3.8) is 0 Å². The molecule has 0 spiro atoms. The molecule has 2 aromatic heterocycles. The minimum Gasteiger partial charge on any atom is -0.444 e. The number of alkyl carbamates (subject to hydrolysis) is 2. The van der Waals surface area contributed by atoms with Gasteiger partial charge in [0.05, 0.1) is 16.9 Å². The second kappa shape index (κ2) is 19.8. The van der Waals surface area contributed by atoms with E-state index in [0.717, 1.165) is 22.2 Å². The van der Waals surface area contributed by atoms with Crippen LogP contribution >= 0.6 is 58.0 Å². The fourth-order valence-electron chi connectivity index (χ4n) is 4.46. The molecule has 3 heterocycles. The highest BCUT2D eigenvalue weighted by atomic mass is 35.5. The first-order valence-electron chi connectivity index (χ1n) is 17.3. The lowest BCUT2D eigenvalue weighted by Crippen LogP contribution is -2.41. The molecule has 0 atom stereocenters. The van der Waals surface area contributed by atoms with Crippen molar-refractivity contribution in [1.82, 2.24) is 30.6 Å². The van der Waals surface area contributed by atoms with E-state index in [0.29, 0.717) is 20.9 Å². The molecule has 2 aromatic carbocycles. The van der Waals surface area contributed by atoms with E-state index in [2.05, 4.69) is 30.6 Å². The summed E-state index contributed by atoms with van der Waals surface area (Å²) in [6.07, 6.45) is 2.12. The van der Waals surface area contributed by atoms with E-state index in [1.54, 1.807) is 45.2 Å². The summed E-state index contributed by atoms with van der Waals surface area (Å²) in [4.78, 5) is 38.6. The van der Waals surface area contributed by atoms with Gasteiger partial charge in [-0.3, -0.25) is 0 Å². The van der Waals surface area contributed by atoms with Gasteiger partial charge in [-0.05, 0) is 133 Å². The molecule has 56 heavy (non-hydrogen) atoms. The molecule has 1 fully saturated rings. The van der Waals surface area contributed by atoms with E-state index in [-0.39, 0.29) is 23.7 Å². The summed E-state index contributed by atoms with van der Waals surface area (Å²) in [6.45, 7) is 19.5. The zero-order valence-corrected chi connectivity index (χ0v) is 36.7. The standard InChI is InChI=1S/C18H27BClNO4.C16H17Cl2N3O2.C4H2Cl2N2/c1-16(2,3)23-15(22)21-11-12-8-9-13(10-14(12)20)19-24-17(4,5)18(6,7)25-19;1-16(2,3)23-15(22)20-9-11-5-4-10(8-12(11)17)13-6-7-19-14(18)21-13;5-3-1-2-7-4(6)8-3/h8-10H,11H2,1-7H3,(H,21,22);4-8H,9H2,1-3H3,(H,20,22);1-2H. The van der Waals surface area contributed by atoms with Crippen molar-refractivity contribution < 1.29 is 28.4 Å². The van der Waals surface area contributed by atoms with Crippen molar-refractivity contribution in [2.45, 2.75) is 105 Å². The van der Waals surface area contributed by atoms with E-state index in [1.165, 1.54) is 6.20 Å². The number of amides is 2. The molecule has 2 N–H and O–H groups in total. The van der Waals surface area contributed by atoms with Gasteiger partial charge in [0.15, 0.2) is 0 Å². The van der Waals surface area contributed by atoms with Gasteiger partial charge >= 0.3 is 19.3 Å². The minimum absolute atomic E-state index is 0.175. The van der Waals surface area contributed by atoms with Crippen LogP contribution in [0.15, 0.2) is 60.9 Å². The largest absolute Gasteiger partial charge is 0.494 e. The second-order valence-corrected chi connectivity index (χ2v) is 17.2. The SMILES string of the molecule is CC(C)(C)OC(=O)NCc1ccc(-c2ccnc(Cl)n2)cc1Cl.CC(C)(C)OC(=O)NCc1ccc(B2OC(C)(C)C(C)(C)O2)cc1Cl.Clc1ccnc(Cl)n1. The highest BCUT2D eigenvalue weighted by Crippen LogP contribution is 2.36. The number of nitrogens with zero attached hydrogens (tertiary/aromatic N) is 4. The molecule has 0 bridgehead atoms. The Morgan fingerprint density at radius 1 is 0.679 bits per heavy atom. The molecule has 0 radical (unpaired) electrons. The first-order chi connectivity index (χ1) is 25.8. The maximum atomic E-state index is 11.7. The maximum Gasteiger partial charge on any atom is 0.494 e. The molecule has 2 amide bonds. The molecule has 0 saturated carbocycles. The second-order valence-electron chi connectivity index (χ2n) is 15.3.